The first-order chi connectivity index (χ1) is 21.1. The summed E-state index contributed by atoms with van der Waals surface area (Å²) < 4.78 is 0. The summed E-state index contributed by atoms with van der Waals surface area (Å²) in [6.45, 7) is 0. The maximum Gasteiger partial charge on any atom is 0.244 e. The molecule has 208 valence electrons. The van der Waals surface area contributed by atoms with Crippen LogP contribution >= 0.6 is 0 Å². The van der Waals surface area contributed by atoms with Crippen molar-refractivity contribution in [2.75, 3.05) is 4.90 Å². The van der Waals surface area contributed by atoms with Gasteiger partial charge in [-0.1, -0.05) is 109 Å². The number of para-hydroxylation sites is 1. The van der Waals surface area contributed by atoms with Crippen molar-refractivity contribution in [3.63, 3.8) is 0 Å². The molecule has 1 saturated heterocycles. The van der Waals surface area contributed by atoms with Gasteiger partial charge >= 0.3 is 0 Å². The highest BCUT2D eigenvalue weighted by Crippen LogP contribution is 2.63. The zero-order valence-electron chi connectivity index (χ0n) is 23.2. The summed E-state index contributed by atoms with van der Waals surface area (Å²) in [7, 11) is 0. The first-order valence-corrected chi connectivity index (χ1v) is 14.5. The van der Waals surface area contributed by atoms with Gasteiger partial charge in [0.15, 0.2) is 0 Å². The summed E-state index contributed by atoms with van der Waals surface area (Å²) in [5, 5.41) is 6.64. The molecule has 0 unspecified atom stereocenters. The Morgan fingerprint density at radius 2 is 1.37 bits per heavy atom. The van der Waals surface area contributed by atoms with E-state index in [2.05, 4.69) is 22.7 Å². The molecular weight excluding hydrogens is 534 g/mol. The standard InChI is InChI=1S/C37H27N3O3/c41-31(21-24-13-10-12-23-11-4-5-16-26(23)24)39-38-22-37-29-19-8-6-17-27(29)32(28-18-7-9-20-30(28)37)33-34(37)36(43)40(35(33)42)25-14-2-1-3-15-25/h1-20,22,32-34H,21H2,(H,39,41)/b38-22-/t32?,33-,34+,37?/m0/s1. The molecule has 6 heteroatoms. The van der Waals surface area contributed by atoms with Crippen molar-refractivity contribution < 1.29 is 14.4 Å². The van der Waals surface area contributed by atoms with Crippen LogP contribution in [0.2, 0.25) is 0 Å². The van der Waals surface area contributed by atoms with Crippen molar-refractivity contribution in [2.45, 2.75) is 17.8 Å². The molecule has 1 aliphatic heterocycles. The summed E-state index contributed by atoms with van der Waals surface area (Å²) in [6, 6.07) is 39.1. The number of hydrogen-bond acceptors (Lipinski definition) is 4. The van der Waals surface area contributed by atoms with Crippen molar-refractivity contribution in [3.8, 4) is 0 Å². The fraction of sp³-hybridized carbons (Fsp3) is 0.135. The molecule has 6 nitrogen and oxygen atoms in total. The third-order valence-electron chi connectivity index (χ3n) is 9.39. The van der Waals surface area contributed by atoms with Crippen LogP contribution in [0.15, 0.2) is 126 Å². The average molecular weight is 562 g/mol. The number of hydrazone groups is 1. The second-order valence-electron chi connectivity index (χ2n) is 11.5. The summed E-state index contributed by atoms with van der Waals surface area (Å²) in [4.78, 5) is 43.1. The lowest BCUT2D eigenvalue weighted by Gasteiger charge is -2.52. The van der Waals surface area contributed by atoms with Gasteiger partial charge in [-0.15, -0.1) is 0 Å². The Labute approximate surface area is 248 Å². The Hall–Kier alpha value is -5.36. The van der Waals surface area contributed by atoms with E-state index in [4.69, 9.17) is 0 Å². The predicted molar refractivity (Wildman–Crippen MR) is 166 cm³/mol. The minimum absolute atomic E-state index is 0.159. The fourth-order valence-corrected chi connectivity index (χ4v) is 7.75. The van der Waals surface area contributed by atoms with Crippen molar-refractivity contribution in [1.82, 2.24) is 5.43 Å². The summed E-state index contributed by atoms with van der Waals surface area (Å²) in [5.74, 6) is -2.24. The maximum atomic E-state index is 14.4. The average Bonchev–Trinajstić information content (AvgIpc) is 3.32. The van der Waals surface area contributed by atoms with E-state index in [-0.39, 0.29) is 30.1 Å². The largest absolute Gasteiger partial charge is 0.274 e. The Bertz CT molecular complexity index is 1930. The van der Waals surface area contributed by atoms with Crippen LogP contribution in [0.5, 0.6) is 0 Å². The number of hydrogen-bond donors (Lipinski definition) is 1. The van der Waals surface area contributed by atoms with Gasteiger partial charge in [-0.25, -0.2) is 10.3 Å². The summed E-state index contributed by atoms with van der Waals surface area (Å²) in [6.07, 6.45) is 1.87. The van der Waals surface area contributed by atoms with Gasteiger partial charge in [-0.3, -0.25) is 14.4 Å². The van der Waals surface area contributed by atoms with Crippen molar-refractivity contribution >= 4 is 40.4 Å². The molecule has 0 saturated carbocycles. The minimum atomic E-state index is -1.03. The minimum Gasteiger partial charge on any atom is -0.274 e. The van der Waals surface area contributed by atoms with Gasteiger partial charge in [-0.05, 0) is 50.7 Å². The van der Waals surface area contributed by atoms with Gasteiger partial charge in [0.25, 0.3) is 0 Å². The van der Waals surface area contributed by atoms with Crippen LogP contribution < -0.4 is 10.3 Å². The molecule has 5 aromatic carbocycles. The maximum absolute atomic E-state index is 14.4. The number of imide groups is 1. The topological polar surface area (TPSA) is 78.8 Å². The lowest BCUT2D eigenvalue weighted by atomic mass is 9.47. The van der Waals surface area contributed by atoms with E-state index in [1.165, 1.54) is 4.90 Å². The molecular formula is C37H27N3O3. The monoisotopic (exact) mass is 561 g/mol. The van der Waals surface area contributed by atoms with Gasteiger partial charge in [-0.2, -0.15) is 5.10 Å². The first-order valence-electron chi connectivity index (χ1n) is 14.5. The summed E-state index contributed by atoms with van der Waals surface area (Å²) in [5.41, 5.74) is 7.13. The van der Waals surface area contributed by atoms with Crippen molar-refractivity contribution in [3.05, 3.63) is 149 Å². The third-order valence-corrected chi connectivity index (χ3v) is 9.39. The number of rotatable bonds is 5. The molecule has 1 fully saturated rings. The van der Waals surface area contributed by atoms with Gasteiger partial charge in [0.05, 0.1) is 29.4 Å². The van der Waals surface area contributed by atoms with Crippen LogP contribution in [-0.4, -0.2) is 23.9 Å². The number of carbonyl (C=O) groups is 3. The molecule has 1 heterocycles. The predicted octanol–water partition coefficient (Wildman–Crippen LogP) is 5.74. The molecule has 5 aromatic rings. The highest BCUT2D eigenvalue weighted by Gasteiger charge is 2.68. The lowest BCUT2D eigenvalue weighted by molar-refractivity contribution is -0.123. The zero-order valence-corrected chi connectivity index (χ0v) is 23.2. The molecule has 0 aromatic heterocycles. The molecule has 3 aliphatic carbocycles. The highest BCUT2D eigenvalue weighted by molar-refractivity contribution is 6.25. The molecule has 1 N–H and O–H groups in total. The highest BCUT2D eigenvalue weighted by atomic mass is 16.2. The first kappa shape index (κ1) is 25.4. The Morgan fingerprint density at radius 1 is 0.744 bits per heavy atom. The quantitative estimate of drug-likeness (QED) is 0.169. The van der Waals surface area contributed by atoms with Crippen LogP contribution in [0.4, 0.5) is 5.69 Å². The number of benzene rings is 5. The molecule has 0 spiro atoms. The Balaban J connectivity index is 1.23. The number of nitrogens with zero attached hydrogens (tertiary/aromatic N) is 2. The second-order valence-corrected chi connectivity index (χ2v) is 11.5. The van der Waals surface area contributed by atoms with Crippen LogP contribution in [0.25, 0.3) is 10.8 Å². The Kier molecular flexibility index (Phi) is 5.66. The molecule has 0 radical (unpaired) electrons. The molecule has 9 rings (SSSR count). The van der Waals surface area contributed by atoms with E-state index in [1.807, 2.05) is 97.1 Å². The number of anilines is 1. The van der Waals surface area contributed by atoms with Gasteiger partial charge in [0.2, 0.25) is 17.7 Å². The number of nitrogens with one attached hydrogen (secondary N) is 1. The van der Waals surface area contributed by atoms with E-state index in [0.717, 1.165) is 38.6 Å². The Morgan fingerprint density at radius 3 is 2.12 bits per heavy atom. The zero-order chi connectivity index (χ0) is 29.1. The molecule has 4 aliphatic rings. The van der Waals surface area contributed by atoms with E-state index >= 15 is 0 Å². The van der Waals surface area contributed by atoms with Crippen molar-refractivity contribution in [2.24, 2.45) is 16.9 Å². The van der Waals surface area contributed by atoms with Gasteiger partial charge in [0.1, 0.15) is 0 Å². The van der Waals surface area contributed by atoms with Crippen LogP contribution in [0.3, 0.4) is 0 Å². The van der Waals surface area contributed by atoms with E-state index in [9.17, 15) is 14.4 Å². The van der Waals surface area contributed by atoms with Crippen molar-refractivity contribution in [1.29, 1.82) is 0 Å². The van der Waals surface area contributed by atoms with E-state index in [1.54, 1.807) is 18.3 Å². The molecule has 2 atom stereocenters. The molecule has 43 heavy (non-hydrogen) atoms. The third kappa shape index (κ3) is 3.59. The second kappa shape index (κ2) is 9.60. The SMILES string of the molecule is O=C(Cc1cccc2ccccc12)N/N=C\C12c3ccccc3C(c3ccccc31)[C@@H]1C(=O)N(c3ccccc3)C(=O)[C@@H]12. The van der Waals surface area contributed by atoms with E-state index < -0.39 is 17.3 Å². The normalized spacial score (nSPS) is 23.3. The van der Waals surface area contributed by atoms with Crippen LogP contribution in [-0.2, 0) is 26.2 Å². The molecule has 2 bridgehead atoms. The van der Waals surface area contributed by atoms with Gasteiger partial charge in [0, 0.05) is 12.1 Å². The number of amides is 3. The van der Waals surface area contributed by atoms with Crippen LogP contribution in [0, 0.1) is 11.8 Å². The summed E-state index contributed by atoms with van der Waals surface area (Å²) >= 11 is 0. The number of carbonyl (C=O) groups excluding carboxylic acids is 3. The van der Waals surface area contributed by atoms with E-state index in [0.29, 0.717) is 5.69 Å². The lowest BCUT2D eigenvalue weighted by Crippen LogP contribution is -2.54. The number of fused-ring (bicyclic) bond motifs is 1. The van der Waals surface area contributed by atoms with Crippen LogP contribution in [0.1, 0.15) is 33.7 Å². The van der Waals surface area contributed by atoms with Gasteiger partial charge < -0.3 is 0 Å². The smallest absolute Gasteiger partial charge is 0.244 e. The molecule has 3 amide bonds. The fourth-order valence-electron chi connectivity index (χ4n) is 7.75.